The molecule has 0 saturated heterocycles. The van der Waals surface area contributed by atoms with Crippen molar-refractivity contribution in [3.8, 4) is 0 Å². The topological polar surface area (TPSA) is 43.1 Å². The fourth-order valence-electron chi connectivity index (χ4n) is 3.38. The van der Waals surface area contributed by atoms with Gasteiger partial charge in [0.25, 0.3) is 0 Å². The number of aryl methyl sites for hydroxylation is 1. The normalized spacial score (nSPS) is 19.0. The Balaban J connectivity index is 1.92. The van der Waals surface area contributed by atoms with Gasteiger partial charge in [0.1, 0.15) is 17.0 Å². The Labute approximate surface area is 134 Å². The summed E-state index contributed by atoms with van der Waals surface area (Å²) in [5, 5.41) is 10.2. The lowest BCUT2D eigenvalue weighted by atomic mass is 9.89. The molecule has 0 aromatic carbocycles. The quantitative estimate of drug-likeness (QED) is 0.680. The zero-order chi connectivity index (χ0) is 15.5. The molecule has 0 aliphatic heterocycles. The van der Waals surface area contributed by atoms with Crippen molar-refractivity contribution in [2.75, 3.05) is 0 Å². The van der Waals surface area contributed by atoms with Gasteiger partial charge in [0.2, 0.25) is 0 Å². The minimum atomic E-state index is 0.196. The molecule has 0 fully saturated rings. The molecule has 1 aliphatic rings. The van der Waals surface area contributed by atoms with Gasteiger partial charge in [0, 0.05) is 11.3 Å². The van der Waals surface area contributed by atoms with Crippen molar-refractivity contribution in [2.45, 2.75) is 53.4 Å². The van der Waals surface area contributed by atoms with Crippen LogP contribution in [0.4, 0.5) is 0 Å². The zero-order valence-electron chi connectivity index (χ0n) is 13.7. The van der Waals surface area contributed by atoms with Gasteiger partial charge in [0.15, 0.2) is 5.65 Å². The highest BCUT2D eigenvalue weighted by molar-refractivity contribution is 7.19. The van der Waals surface area contributed by atoms with E-state index in [9.17, 15) is 0 Å². The summed E-state index contributed by atoms with van der Waals surface area (Å²) < 4.78 is 2.10. The average molecular weight is 314 g/mol. The number of thiophene rings is 1. The van der Waals surface area contributed by atoms with Gasteiger partial charge in [-0.25, -0.2) is 4.98 Å². The summed E-state index contributed by atoms with van der Waals surface area (Å²) >= 11 is 1.85. The van der Waals surface area contributed by atoms with E-state index in [0.29, 0.717) is 0 Å². The van der Waals surface area contributed by atoms with E-state index in [1.807, 2.05) is 17.7 Å². The fraction of sp³-hybridized carbons (Fsp3) is 0.588. The molecule has 0 spiro atoms. The molecular weight excluding hydrogens is 292 g/mol. The molecule has 3 aromatic rings. The predicted octanol–water partition coefficient (Wildman–Crippen LogP) is 4.05. The number of aromatic nitrogens is 4. The second-order valence-corrected chi connectivity index (χ2v) is 8.91. The van der Waals surface area contributed by atoms with Gasteiger partial charge in [-0.3, -0.25) is 4.40 Å². The van der Waals surface area contributed by atoms with E-state index in [0.717, 1.165) is 35.1 Å². The minimum absolute atomic E-state index is 0.196. The average Bonchev–Trinajstić information content (AvgIpc) is 2.97. The van der Waals surface area contributed by atoms with E-state index in [2.05, 4.69) is 42.3 Å². The predicted molar refractivity (Wildman–Crippen MR) is 90.5 cm³/mol. The summed E-state index contributed by atoms with van der Waals surface area (Å²) in [4.78, 5) is 7.34. The largest absolute Gasteiger partial charge is 0.269 e. The van der Waals surface area contributed by atoms with Crippen LogP contribution < -0.4 is 0 Å². The molecule has 0 amide bonds. The third-order valence-corrected chi connectivity index (χ3v) is 5.62. The third kappa shape index (κ3) is 2.22. The number of fused-ring (bicyclic) bond motifs is 5. The second kappa shape index (κ2) is 4.75. The fourth-order valence-corrected chi connectivity index (χ4v) is 4.72. The molecule has 0 radical (unpaired) electrons. The number of hydrogen-bond donors (Lipinski definition) is 0. The summed E-state index contributed by atoms with van der Waals surface area (Å²) in [5.41, 5.74) is 2.67. The third-order valence-electron chi connectivity index (χ3n) is 4.46. The molecule has 22 heavy (non-hydrogen) atoms. The first kappa shape index (κ1) is 14.1. The van der Waals surface area contributed by atoms with Crippen LogP contribution in [-0.4, -0.2) is 19.6 Å². The Hall–Kier alpha value is -1.49. The standard InChI is InChI=1S/C17H22N4S/c1-10-5-6-11-12(7-10)22-16-14(11)15-20-19-13(8-17(2,3)4)21(15)9-18-16/h9-10H,5-8H2,1-4H3/t10-/m0/s1. The molecule has 0 N–H and O–H groups in total. The molecule has 0 bridgehead atoms. The molecule has 1 atom stereocenters. The summed E-state index contributed by atoms with van der Waals surface area (Å²) in [6, 6.07) is 0. The first-order chi connectivity index (χ1) is 10.4. The SMILES string of the molecule is C[C@H]1CCc2c(sc3ncn4c(CC(C)(C)C)nnc4c23)C1. The Morgan fingerprint density at radius 1 is 1.32 bits per heavy atom. The highest BCUT2D eigenvalue weighted by Gasteiger charge is 2.24. The maximum atomic E-state index is 4.70. The highest BCUT2D eigenvalue weighted by Crippen LogP contribution is 2.38. The van der Waals surface area contributed by atoms with Crippen molar-refractivity contribution < 1.29 is 0 Å². The second-order valence-electron chi connectivity index (χ2n) is 7.82. The van der Waals surface area contributed by atoms with Gasteiger partial charge in [-0.05, 0) is 36.2 Å². The van der Waals surface area contributed by atoms with Crippen molar-refractivity contribution in [2.24, 2.45) is 11.3 Å². The van der Waals surface area contributed by atoms with Gasteiger partial charge in [0.05, 0.1) is 5.39 Å². The van der Waals surface area contributed by atoms with E-state index in [1.54, 1.807) is 0 Å². The lowest BCUT2D eigenvalue weighted by Crippen LogP contribution is -2.12. The summed E-state index contributed by atoms with van der Waals surface area (Å²) in [5.74, 6) is 1.80. The van der Waals surface area contributed by atoms with Crippen LogP contribution >= 0.6 is 11.3 Å². The number of hydrogen-bond acceptors (Lipinski definition) is 4. The van der Waals surface area contributed by atoms with Crippen LogP contribution in [0.1, 0.15) is 50.4 Å². The van der Waals surface area contributed by atoms with Gasteiger partial charge in [-0.15, -0.1) is 21.5 Å². The van der Waals surface area contributed by atoms with Crippen LogP contribution in [0.5, 0.6) is 0 Å². The number of rotatable bonds is 1. The first-order valence-electron chi connectivity index (χ1n) is 8.05. The van der Waals surface area contributed by atoms with Crippen LogP contribution in [0.15, 0.2) is 6.33 Å². The summed E-state index contributed by atoms with van der Waals surface area (Å²) in [7, 11) is 0. The summed E-state index contributed by atoms with van der Waals surface area (Å²) in [6.07, 6.45) is 6.42. The molecule has 4 rings (SSSR count). The minimum Gasteiger partial charge on any atom is -0.269 e. The van der Waals surface area contributed by atoms with Crippen molar-refractivity contribution in [1.29, 1.82) is 0 Å². The Morgan fingerprint density at radius 2 is 2.14 bits per heavy atom. The van der Waals surface area contributed by atoms with Gasteiger partial charge in [-0.1, -0.05) is 27.7 Å². The van der Waals surface area contributed by atoms with Gasteiger partial charge >= 0.3 is 0 Å². The Morgan fingerprint density at radius 3 is 2.91 bits per heavy atom. The molecule has 0 unspecified atom stereocenters. The van der Waals surface area contributed by atoms with E-state index in [4.69, 9.17) is 4.98 Å². The van der Waals surface area contributed by atoms with Crippen LogP contribution in [0.2, 0.25) is 0 Å². The van der Waals surface area contributed by atoms with E-state index in [-0.39, 0.29) is 5.41 Å². The molecular formula is C17H22N4S. The van der Waals surface area contributed by atoms with E-state index >= 15 is 0 Å². The molecule has 116 valence electrons. The van der Waals surface area contributed by atoms with Crippen LogP contribution in [0.3, 0.4) is 0 Å². The maximum Gasteiger partial charge on any atom is 0.172 e. The lowest BCUT2D eigenvalue weighted by molar-refractivity contribution is 0.399. The van der Waals surface area contributed by atoms with Gasteiger partial charge < -0.3 is 0 Å². The maximum absolute atomic E-state index is 4.70. The van der Waals surface area contributed by atoms with Crippen molar-refractivity contribution in [3.05, 3.63) is 22.6 Å². The Kier molecular flexibility index (Phi) is 3.05. The molecule has 3 aromatic heterocycles. The van der Waals surface area contributed by atoms with Crippen LogP contribution in [0, 0.1) is 11.3 Å². The van der Waals surface area contributed by atoms with Gasteiger partial charge in [-0.2, -0.15) is 0 Å². The van der Waals surface area contributed by atoms with Crippen LogP contribution in [-0.2, 0) is 19.3 Å². The highest BCUT2D eigenvalue weighted by atomic mass is 32.1. The Bertz CT molecular complexity index is 853. The smallest absolute Gasteiger partial charge is 0.172 e. The monoisotopic (exact) mass is 314 g/mol. The van der Waals surface area contributed by atoms with E-state index < -0.39 is 0 Å². The van der Waals surface area contributed by atoms with Crippen LogP contribution in [0.25, 0.3) is 15.9 Å². The van der Waals surface area contributed by atoms with E-state index in [1.165, 1.54) is 28.7 Å². The molecule has 5 heteroatoms. The summed E-state index contributed by atoms with van der Waals surface area (Å²) in [6.45, 7) is 9.03. The van der Waals surface area contributed by atoms with Crippen molar-refractivity contribution >= 4 is 27.2 Å². The molecule has 3 heterocycles. The van der Waals surface area contributed by atoms with Crippen molar-refractivity contribution in [1.82, 2.24) is 19.6 Å². The number of nitrogens with zero attached hydrogens (tertiary/aromatic N) is 4. The first-order valence-corrected chi connectivity index (χ1v) is 8.87. The molecule has 1 aliphatic carbocycles. The van der Waals surface area contributed by atoms with Crippen molar-refractivity contribution in [3.63, 3.8) is 0 Å². The zero-order valence-corrected chi connectivity index (χ0v) is 14.5. The lowest BCUT2D eigenvalue weighted by Gasteiger charge is -2.17. The molecule has 0 saturated carbocycles. The molecule has 4 nitrogen and oxygen atoms in total.